The second kappa shape index (κ2) is 5.81. The van der Waals surface area contributed by atoms with Gasteiger partial charge in [-0.1, -0.05) is 6.92 Å². The van der Waals surface area contributed by atoms with Crippen molar-refractivity contribution in [2.45, 2.75) is 31.8 Å². The van der Waals surface area contributed by atoms with Crippen LogP contribution in [0, 0.1) is 5.92 Å². The van der Waals surface area contributed by atoms with E-state index in [0.717, 1.165) is 13.0 Å². The smallest absolute Gasteiger partial charge is 0.328 e. The highest BCUT2D eigenvalue weighted by atomic mass is 16.4. The molecule has 0 aromatic carbocycles. The summed E-state index contributed by atoms with van der Waals surface area (Å²) in [6, 6.07) is -1.57. The van der Waals surface area contributed by atoms with Crippen molar-refractivity contribution >= 4 is 11.9 Å². The molecule has 0 bridgehead atoms. The normalized spacial score (nSPS) is 27.1. The van der Waals surface area contributed by atoms with Crippen LogP contribution in [-0.2, 0) is 9.59 Å². The van der Waals surface area contributed by atoms with E-state index in [1.807, 2.05) is 0 Å². The van der Waals surface area contributed by atoms with Gasteiger partial charge in [-0.25, -0.2) is 4.79 Å². The van der Waals surface area contributed by atoms with E-state index >= 15 is 0 Å². The summed E-state index contributed by atoms with van der Waals surface area (Å²) >= 11 is 0. The third kappa shape index (κ3) is 3.46. The molecule has 6 heteroatoms. The van der Waals surface area contributed by atoms with E-state index in [1.165, 1.54) is 0 Å². The van der Waals surface area contributed by atoms with E-state index in [0.29, 0.717) is 12.3 Å². The fourth-order valence-electron chi connectivity index (χ4n) is 1.77. The first-order valence-corrected chi connectivity index (χ1v) is 5.42. The zero-order valence-electron chi connectivity index (χ0n) is 9.27. The first-order chi connectivity index (χ1) is 7.54. The minimum atomic E-state index is -1.22. The number of carbonyl (C=O) groups is 2. The second-order valence-electron chi connectivity index (χ2n) is 4.22. The van der Waals surface area contributed by atoms with E-state index in [1.54, 1.807) is 0 Å². The maximum Gasteiger partial charge on any atom is 0.328 e. The first kappa shape index (κ1) is 12.9. The number of rotatable bonds is 4. The van der Waals surface area contributed by atoms with Crippen molar-refractivity contribution in [2.24, 2.45) is 5.92 Å². The summed E-state index contributed by atoms with van der Waals surface area (Å²) in [5.41, 5.74) is 0. The average Bonchev–Trinajstić information content (AvgIpc) is 2.25. The van der Waals surface area contributed by atoms with Crippen molar-refractivity contribution < 1.29 is 19.8 Å². The third-order valence-corrected chi connectivity index (χ3v) is 2.78. The lowest BCUT2D eigenvalue weighted by Gasteiger charge is -2.28. The Morgan fingerprint density at radius 1 is 1.56 bits per heavy atom. The van der Waals surface area contributed by atoms with Gasteiger partial charge in [0.25, 0.3) is 0 Å². The fraction of sp³-hybridized carbons (Fsp3) is 0.800. The Morgan fingerprint density at radius 2 is 2.25 bits per heavy atom. The molecule has 4 N–H and O–H groups in total. The SMILES string of the molecule is CC1CCNC(C(=O)N[C@@H](CO)C(=O)O)C1. The summed E-state index contributed by atoms with van der Waals surface area (Å²) in [6.45, 7) is 2.22. The Kier molecular flexibility index (Phi) is 4.70. The molecule has 1 aliphatic rings. The molecule has 92 valence electrons. The van der Waals surface area contributed by atoms with Crippen LogP contribution < -0.4 is 10.6 Å². The van der Waals surface area contributed by atoms with Crippen LogP contribution in [-0.4, -0.2) is 47.3 Å². The number of aliphatic hydroxyl groups excluding tert-OH is 1. The summed E-state index contributed by atoms with van der Waals surface area (Å²) in [5, 5.41) is 22.8. The Hall–Kier alpha value is -1.14. The highest BCUT2D eigenvalue weighted by molar-refractivity contribution is 5.87. The van der Waals surface area contributed by atoms with E-state index in [9.17, 15) is 9.59 Å². The molecule has 6 nitrogen and oxygen atoms in total. The topological polar surface area (TPSA) is 98.7 Å². The lowest BCUT2D eigenvalue weighted by Crippen LogP contribution is -2.53. The van der Waals surface area contributed by atoms with Crippen LogP contribution in [0.3, 0.4) is 0 Å². The van der Waals surface area contributed by atoms with Crippen LogP contribution in [0.4, 0.5) is 0 Å². The molecule has 1 amide bonds. The number of carboxylic acid groups (broad SMARTS) is 1. The highest BCUT2D eigenvalue weighted by Gasteiger charge is 2.27. The number of carbonyl (C=O) groups excluding carboxylic acids is 1. The third-order valence-electron chi connectivity index (χ3n) is 2.78. The number of piperidine rings is 1. The maximum atomic E-state index is 11.7. The molecule has 2 unspecified atom stereocenters. The van der Waals surface area contributed by atoms with E-state index in [2.05, 4.69) is 17.6 Å². The zero-order valence-corrected chi connectivity index (χ0v) is 9.27. The number of hydrogen-bond acceptors (Lipinski definition) is 4. The summed E-state index contributed by atoms with van der Waals surface area (Å²) < 4.78 is 0. The van der Waals surface area contributed by atoms with E-state index < -0.39 is 18.6 Å². The first-order valence-electron chi connectivity index (χ1n) is 5.42. The maximum absolute atomic E-state index is 11.7. The van der Waals surface area contributed by atoms with Crippen molar-refractivity contribution in [3.8, 4) is 0 Å². The Morgan fingerprint density at radius 3 is 2.75 bits per heavy atom. The van der Waals surface area contributed by atoms with Crippen molar-refractivity contribution in [3.05, 3.63) is 0 Å². The number of nitrogens with one attached hydrogen (secondary N) is 2. The van der Waals surface area contributed by atoms with Crippen molar-refractivity contribution in [2.75, 3.05) is 13.2 Å². The molecular weight excluding hydrogens is 212 g/mol. The number of hydrogen-bond donors (Lipinski definition) is 4. The lowest BCUT2D eigenvalue weighted by molar-refractivity contribution is -0.143. The predicted molar refractivity (Wildman–Crippen MR) is 56.8 cm³/mol. The Bertz CT molecular complexity index is 270. The zero-order chi connectivity index (χ0) is 12.1. The molecule has 16 heavy (non-hydrogen) atoms. The molecule has 1 heterocycles. The van der Waals surface area contributed by atoms with Crippen LogP contribution >= 0.6 is 0 Å². The molecule has 1 saturated heterocycles. The van der Waals surface area contributed by atoms with Crippen LogP contribution in [0.5, 0.6) is 0 Å². The Balaban J connectivity index is 2.47. The molecule has 0 aliphatic carbocycles. The average molecular weight is 230 g/mol. The van der Waals surface area contributed by atoms with Crippen LogP contribution in [0.2, 0.25) is 0 Å². The second-order valence-corrected chi connectivity index (χ2v) is 4.22. The largest absolute Gasteiger partial charge is 0.480 e. The minimum absolute atomic E-state index is 0.350. The van der Waals surface area contributed by atoms with Crippen molar-refractivity contribution in [3.63, 3.8) is 0 Å². The van der Waals surface area contributed by atoms with Gasteiger partial charge in [-0.15, -0.1) is 0 Å². The van der Waals surface area contributed by atoms with Gasteiger partial charge in [-0.3, -0.25) is 4.79 Å². The molecule has 0 aromatic rings. The van der Waals surface area contributed by atoms with Gasteiger partial charge < -0.3 is 20.8 Å². The predicted octanol–water partition coefficient (Wildman–Crippen LogP) is -1.06. The van der Waals surface area contributed by atoms with Crippen LogP contribution in [0.15, 0.2) is 0 Å². The molecule has 1 rings (SSSR count). The molecule has 0 saturated carbocycles. The molecule has 1 aliphatic heterocycles. The highest BCUT2D eigenvalue weighted by Crippen LogP contribution is 2.14. The molecule has 1 fully saturated rings. The summed E-state index contributed by atoms with van der Waals surface area (Å²) in [5.74, 6) is -1.12. The van der Waals surface area contributed by atoms with Gasteiger partial charge in [0.1, 0.15) is 6.04 Å². The standard InChI is InChI=1S/C10H18N2O4/c1-6-2-3-11-7(4-6)9(14)12-8(5-13)10(15)16/h6-8,11,13H,2-5H2,1H3,(H,12,14)(H,15,16)/t6?,7?,8-/m0/s1. The van der Waals surface area contributed by atoms with Gasteiger partial charge >= 0.3 is 5.97 Å². The minimum Gasteiger partial charge on any atom is -0.480 e. The quantitative estimate of drug-likeness (QED) is 0.493. The van der Waals surface area contributed by atoms with Gasteiger partial charge in [0.15, 0.2) is 0 Å². The molecule has 3 atom stereocenters. The molecule has 0 spiro atoms. The summed E-state index contributed by atoms with van der Waals surface area (Å²) in [7, 11) is 0. The van der Waals surface area contributed by atoms with Gasteiger partial charge in [0.05, 0.1) is 12.6 Å². The van der Waals surface area contributed by atoms with Gasteiger partial charge in [-0.2, -0.15) is 0 Å². The van der Waals surface area contributed by atoms with E-state index in [4.69, 9.17) is 10.2 Å². The van der Waals surface area contributed by atoms with E-state index in [-0.39, 0.29) is 11.9 Å². The van der Waals surface area contributed by atoms with Crippen molar-refractivity contribution in [1.82, 2.24) is 10.6 Å². The number of carboxylic acids is 1. The van der Waals surface area contributed by atoms with Crippen molar-refractivity contribution in [1.29, 1.82) is 0 Å². The number of amides is 1. The monoisotopic (exact) mass is 230 g/mol. The number of aliphatic hydroxyl groups is 1. The van der Waals surface area contributed by atoms with Gasteiger partial charge in [0.2, 0.25) is 5.91 Å². The lowest BCUT2D eigenvalue weighted by atomic mass is 9.94. The molecule has 0 aromatic heterocycles. The van der Waals surface area contributed by atoms with Gasteiger partial charge in [-0.05, 0) is 25.3 Å². The summed E-state index contributed by atoms with van der Waals surface area (Å²) in [4.78, 5) is 22.3. The summed E-state index contributed by atoms with van der Waals surface area (Å²) in [6.07, 6.45) is 1.72. The molecular formula is C10H18N2O4. The fourth-order valence-corrected chi connectivity index (χ4v) is 1.77. The van der Waals surface area contributed by atoms with Crippen LogP contribution in [0.25, 0.3) is 0 Å². The number of aliphatic carboxylic acids is 1. The van der Waals surface area contributed by atoms with Gasteiger partial charge in [0, 0.05) is 0 Å². The van der Waals surface area contributed by atoms with Crippen LogP contribution in [0.1, 0.15) is 19.8 Å². The Labute approximate surface area is 94.0 Å². The molecule has 0 radical (unpaired) electrons.